The molecular formula is C20H21N3O4. The first-order chi connectivity index (χ1) is 13.1. The Bertz CT molecular complexity index is 893. The smallest absolute Gasteiger partial charge is 0.265 e. The molecule has 7 nitrogen and oxygen atoms in total. The number of nitrogens with zero attached hydrogens (tertiary/aromatic N) is 1. The fourth-order valence-electron chi connectivity index (χ4n) is 2.73. The Morgan fingerprint density at radius 1 is 1.19 bits per heavy atom. The van der Waals surface area contributed by atoms with Crippen LogP contribution in [0.4, 0.5) is 5.69 Å². The first-order valence-electron chi connectivity index (χ1n) is 8.61. The average Bonchev–Trinajstić information content (AvgIpc) is 3.15. The maximum atomic E-state index is 12.0. The van der Waals surface area contributed by atoms with Crippen LogP contribution >= 0.6 is 0 Å². The molecule has 0 saturated carbocycles. The van der Waals surface area contributed by atoms with Crippen molar-refractivity contribution in [1.82, 2.24) is 5.32 Å². The third-order valence-electron chi connectivity index (χ3n) is 4.14. The van der Waals surface area contributed by atoms with Crippen LogP contribution in [0.3, 0.4) is 0 Å². The SMILES string of the molecule is CNC(=O)c1cccc(NC(=O)CON=C(C)c2ccc3c(c2)CCO3)c1. The van der Waals surface area contributed by atoms with Crippen molar-refractivity contribution in [1.29, 1.82) is 0 Å². The summed E-state index contributed by atoms with van der Waals surface area (Å²) in [6.07, 6.45) is 0.884. The number of ether oxygens (including phenoxy) is 1. The van der Waals surface area contributed by atoms with E-state index >= 15 is 0 Å². The zero-order chi connectivity index (χ0) is 19.2. The molecule has 2 aromatic rings. The molecule has 0 fully saturated rings. The lowest BCUT2D eigenvalue weighted by molar-refractivity contribution is -0.120. The number of benzene rings is 2. The quantitative estimate of drug-likeness (QED) is 0.606. The van der Waals surface area contributed by atoms with E-state index in [0.29, 0.717) is 23.6 Å². The van der Waals surface area contributed by atoms with E-state index in [0.717, 1.165) is 23.3 Å². The zero-order valence-corrected chi connectivity index (χ0v) is 15.2. The molecular weight excluding hydrogens is 346 g/mol. The summed E-state index contributed by atoms with van der Waals surface area (Å²) in [4.78, 5) is 28.8. The molecule has 140 valence electrons. The van der Waals surface area contributed by atoms with E-state index in [1.54, 1.807) is 31.3 Å². The van der Waals surface area contributed by atoms with Gasteiger partial charge in [0.15, 0.2) is 6.61 Å². The number of fused-ring (bicyclic) bond motifs is 1. The van der Waals surface area contributed by atoms with Crippen molar-refractivity contribution in [3.8, 4) is 5.75 Å². The number of amides is 2. The summed E-state index contributed by atoms with van der Waals surface area (Å²) in [5.41, 5.74) is 3.74. The summed E-state index contributed by atoms with van der Waals surface area (Å²) >= 11 is 0. The van der Waals surface area contributed by atoms with E-state index in [2.05, 4.69) is 15.8 Å². The summed E-state index contributed by atoms with van der Waals surface area (Å²) in [5, 5.41) is 9.23. The van der Waals surface area contributed by atoms with Gasteiger partial charge < -0.3 is 20.2 Å². The molecule has 27 heavy (non-hydrogen) atoms. The number of nitrogens with one attached hydrogen (secondary N) is 2. The minimum atomic E-state index is -0.358. The number of rotatable bonds is 6. The van der Waals surface area contributed by atoms with Crippen LogP contribution in [0.5, 0.6) is 5.75 Å². The first-order valence-corrected chi connectivity index (χ1v) is 8.61. The second kappa shape index (κ2) is 8.35. The third-order valence-corrected chi connectivity index (χ3v) is 4.14. The van der Waals surface area contributed by atoms with E-state index in [9.17, 15) is 9.59 Å². The number of anilines is 1. The lowest BCUT2D eigenvalue weighted by Gasteiger charge is -2.07. The average molecular weight is 367 g/mol. The maximum Gasteiger partial charge on any atom is 0.265 e. The fraction of sp³-hybridized carbons (Fsp3) is 0.250. The van der Waals surface area contributed by atoms with Crippen molar-refractivity contribution in [2.45, 2.75) is 13.3 Å². The molecule has 0 aliphatic carbocycles. The molecule has 7 heteroatoms. The Kier molecular flexibility index (Phi) is 5.71. The highest BCUT2D eigenvalue weighted by atomic mass is 16.6. The lowest BCUT2D eigenvalue weighted by atomic mass is 10.1. The summed E-state index contributed by atoms with van der Waals surface area (Å²) < 4.78 is 5.48. The topological polar surface area (TPSA) is 89.0 Å². The van der Waals surface area contributed by atoms with Gasteiger partial charge in [0.2, 0.25) is 0 Å². The molecule has 2 amide bonds. The largest absolute Gasteiger partial charge is 0.493 e. The van der Waals surface area contributed by atoms with E-state index in [4.69, 9.17) is 9.57 Å². The van der Waals surface area contributed by atoms with Gasteiger partial charge in [0, 0.05) is 24.7 Å². The Balaban J connectivity index is 1.54. The van der Waals surface area contributed by atoms with Gasteiger partial charge in [-0.25, -0.2) is 0 Å². The molecule has 2 N–H and O–H groups in total. The van der Waals surface area contributed by atoms with Crippen molar-refractivity contribution in [2.75, 3.05) is 25.6 Å². The van der Waals surface area contributed by atoms with Crippen molar-refractivity contribution < 1.29 is 19.2 Å². The number of carbonyl (C=O) groups excluding carboxylic acids is 2. The van der Waals surface area contributed by atoms with Crippen molar-refractivity contribution in [3.05, 3.63) is 59.2 Å². The fourth-order valence-corrected chi connectivity index (χ4v) is 2.73. The monoisotopic (exact) mass is 367 g/mol. The minimum absolute atomic E-state index is 0.220. The first kappa shape index (κ1) is 18.4. The van der Waals surface area contributed by atoms with Crippen molar-refractivity contribution >= 4 is 23.2 Å². The molecule has 0 radical (unpaired) electrons. The molecule has 3 rings (SSSR count). The molecule has 2 aromatic carbocycles. The van der Waals surface area contributed by atoms with Crippen LogP contribution in [0, 0.1) is 0 Å². The van der Waals surface area contributed by atoms with Crippen LogP contribution in [0.1, 0.15) is 28.4 Å². The zero-order valence-electron chi connectivity index (χ0n) is 15.2. The molecule has 0 unspecified atom stereocenters. The molecule has 0 spiro atoms. The molecule has 0 saturated heterocycles. The minimum Gasteiger partial charge on any atom is -0.493 e. The Labute approximate surface area is 157 Å². The number of hydrogen-bond acceptors (Lipinski definition) is 5. The van der Waals surface area contributed by atoms with Crippen LogP contribution in [-0.4, -0.2) is 37.8 Å². The van der Waals surface area contributed by atoms with E-state index < -0.39 is 0 Å². The van der Waals surface area contributed by atoms with Gasteiger partial charge in [0.1, 0.15) is 5.75 Å². The van der Waals surface area contributed by atoms with Crippen LogP contribution in [-0.2, 0) is 16.1 Å². The highest BCUT2D eigenvalue weighted by Crippen LogP contribution is 2.26. The Morgan fingerprint density at radius 3 is 2.85 bits per heavy atom. The van der Waals surface area contributed by atoms with E-state index in [1.807, 2.05) is 25.1 Å². The van der Waals surface area contributed by atoms with Crippen molar-refractivity contribution in [2.24, 2.45) is 5.16 Å². The van der Waals surface area contributed by atoms with Crippen LogP contribution < -0.4 is 15.4 Å². The molecule has 0 bridgehead atoms. The summed E-state index contributed by atoms with van der Waals surface area (Å²) in [7, 11) is 1.55. The van der Waals surface area contributed by atoms with Gasteiger partial charge in [-0.15, -0.1) is 0 Å². The summed E-state index contributed by atoms with van der Waals surface area (Å²) in [5.74, 6) is 0.330. The molecule has 0 aromatic heterocycles. The predicted octanol–water partition coefficient (Wildman–Crippen LogP) is 2.36. The standard InChI is InChI=1S/C20H21N3O4/c1-13(14-6-7-18-15(10-14)8-9-26-18)23-27-12-19(24)22-17-5-3-4-16(11-17)20(25)21-2/h3-7,10-11H,8-9,12H2,1-2H3,(H,21,25)(H,22,24). The van der Waals surface area contributed by atoms with Gasteiger partial charge in [-0.3, -0.25) is 9.59 Å². The van der Waals surface area contributed by atoms with Gasteiger partial charge >= 0.3 is 0 Å². The van der Waals surface area contributed by atoms with Crippen LogP contribution in [0.2, 0.25) is 0 Å². The number of hydrogen-bond donors (Lipinski definition) is 2. The highest BCUT2D eigenvalue weighted by molar-refractivity contribution is 5.99. The predicted molar refractivity (Wildman–Crippen MR) is 102 cm³/mol. The summed E-state index contributed by atoms with van der Waals surface area (Å²) in [6.45, 7) is 2.30. The van der Waals surface area contributed by atoms with Gasteiger partial charge in [-0.1, -0.05) is 11.2 Å². The molecule has 1 aliphatic rings. The Hall–Kier alpha value is -3.35. The number of carbonyl (C=O) groups is 2. The summed E-state index contributed by atoms with van der Waals surface area (Å²) in [6, 6.07) is 12.5. The Morgan fingerprint density at radius 2 is 2.04 bits per heavy atom. The molecule has 0 atom stereocenters. The van der Waals surface area contributed by atoms with Gasteiger partial charge in [0.05, 0.1) is 12.3 Å². The van der Waals surface area contributed by atoms with Gasteiger partial charge in [-0.2, -0.15) is 0 Å². The van der Waals surface area contributed by atoms with Crippen molar-refractivity contribution in [3.63, 3.8) is 0 Å². The van der Waals surface area contributed by atoms with Gasteiger partial charge in [0.25, 0.3) is 11.8 Å². The van der Waals surface area contributed by atoms with Gasteiger partial charge in [-0.05, 0) is 54.4 Å². The van der Waals surface area contributed by atoms with Crippen LogP contribution in [0.25, 0.3) is 0 Å². The second-order valence-corrected chi connectivity index (χ2v) is 6.08. The number of oxime groups is 1. The molecule has 1 heterocycles. The van der Waals surface area contributed by atoms with E-state index in [1.165, 1.54) is 0 Å². The van der Waals surface area contributed by atoms with E-state index in [-0.39, 0.29) is 18.4 Å². The maximum absolute atomic E-state index is 12.0. The molecule has 1 aliphatic heterocycles. The van der Waals surface area contributed by atoms with Crippen LogP contribution in [0.15, 0.2) is 47.6 Å². The normalized spacial score (nSPS) is 12.7. The highest BCUT2D eigenvalue weighted by Gasteiger charge is 2.13. The third kappa shape index (κ3) is 4.63. The lowest BCUT2D eigenvalue weighted by Crippen LogP contribution is -2.20. The second-order valence-electron chi connectivity index (χ2n) is 6.08.